The van der Waals surface area contributed by atoms with E-state index in [2.05, 4.69) is 20.7 Å². The third kappa shape index (κ3) is 7.91. The van der Waals surface area contributed by atoms with E-state index in [9.17, 15) is 22.8 Å². The molecule has 3 amide bonds. The van der Waals surface area contributed by atoms with Crippen LogP contribution in [0.5, 0.6) is 5.75 Å². The van der Waals surface area contributed by atoms with Gasteiger partial charge in [0.15, 0.2) is 6.61 Å². The number of imide groups is 1. The van der Waals surface area contributed by atoms with Gasteiger partial charge in [-0.15, -0.1) is 0 Å². The van der Waals surface area contributed by atoms with Gasteiger partial charge < -0.3 is 15.4 Å². The molecule has 1 aromatic rings. The summed E-state index contributed by atoms with van der Waals surface area (Å²) in [6, 6.07) is 3.28. The fraction of sp³-hybridized carbons (Fsp3) is 0.429. The Labute approximate surface area is 141 Å². The molecule has 134 valence electrons. The molecule has 1 rings (SSSR count). The standard InChI is InChI=1S/C14H17ClF3N3O3/c1-2-5-19-13(23)21-12(22)7-20-10-6-9(15)3-4-11(10)24-8-14(16,17)18/h3-4,6,20H,2,5,7-8H2,1H3,(H2,19,21,22,23). The number of hydrogen-bond donors (Lipinski definition) is 3. The average molecular weight is 368 g/mol. The van der Waals surface area contributed by atoms with Gasteiger partial charge in [-0.25, -0.2) is 4.79 Å². The van der Waals surface area contributed by atoms with Crippen LogP contribution < -0.4 is 20.7 Å². The molecule has 1 aromatic carbocycles. The fourth-order valence-electron chi connectivity index (χ4n) is 1.55. The van der Waals surface area contributed by atoms with Crippen molar-refractivity contribution < 1.29 is 27.5 Å². The lowest BCUT2D eigenvalue weighted by Crippen LogP contribution is -2.42. The van der Waals surface area contributed by atoms with Gasteiger partial charge in [0.05, 0.1) is 12.2 Å². The summed E-state index contributed by atoms with van der Waals surface area (Å²) in [4.78, 5) is 22.9. The highest BCUT2D eigenvalue weighted by Crippen LogP contribution is 2.29. The minimum Gasteiger partial charge on any atom is -0.482 e. The number of carbonyl (C=O) groups excluding carboxylic acids is 2. The van der Waals surface area contributed by atoms with Crippen LogP contribution in [0.3, 0.4) is 0 Å². The van der Waals surface area contributed by atoms with Crippen molar-refractivity contribution in [1.82, 2.24) is 10.6 Å². The largest absolute Gasteiger partial charge is 0.482 e. The summed E-state index contributed by atoms with van der Waals surface area (Å²) >= 11 is 5.78. The van der Waals surface area contributed by atoms with Crippen LogP contribution in [0.25, 0.3) is 0 Å². The molecule has 10 heteroatoms. The molecular formula is C14H17ClF3N3O3. The predicted octanol–water partition coefficient (Wildman–Crippen LogP) is 2.93. The first kappa shape index (κ1) is 19.9. The van der Waals surface area contributed by atoms with E-state index < -0.39 is 24.7 Å². The molecule has 0 aromatic heterocycles. The van der Waals surface area contributed by atoms with Crippen LogP contribution in [0.4, 0.5) is 23.7 Å². The highest BCUT2D eigenvalue weighted by molar-refractivity contribution is 6.30. The fourth-order valence-corrected chi connectivity index (χ4v) is 1.73. The SMILES string of the molecule is CCCNC(=O)NC(=O)CNc1cc(Cl)ccc1OCC(F)(F)F. The van der Waals surface area contributed by atoms with E-state index in [-0.39, 0.29) is 23.0 Å². The lowest BCUT2D eigenvalue weighted by molar-refractivity contribution is -0.153. The number of rotatable bonds is 7. The van der Waals surface area contributed by atoms with Crippen molar-refractivity contribution in [1.29, 1.82) is 0 Å². The number of amides is 3. The summed E-state index contributed by atoms with van der Waals surface area (Å²) in [5.74, 6) is -0.773. The Bertz CT molecular complexity index is 582. The van der Waals surface area contributed by atoms with Gasteiger partial charge in [-0.05, 0) is 24.6 Å². The van der Waals surface area contributed by atoms with Crippen LogP contribution >= 0.6 is 11.6 Å². The third-order valence-corrected chi connectivity index (χ3v) is 2.80. The van der Waals surface area contributed by atoms with Crippen LogP contribution in [-0.2, 0) is 4.79 Å². The van der Waals surface area contributed by atoms with Gasteiger partial charge in [-0.2, -0.15) is 13.2 Å². The number of nitrogens with one attached hydrogen (secondary N) is 3. The number of halogens is 4. The Morgan fingerprint density at radius 1 is 1.29 bits per heavy atom. The van der Waals surface area contributed by atoms with E-state index in [1.165, 1.54) is 18.2 Å². The van der Waals surface area contributed by atoms with Crippen molar-refractivity contribution in [3.63, 3.8) is 0 Å². The van der Waals surface area contributed by atoms with Crippen LogP contribution in [-0.4, -0.2) is 37.8 Å². The Balaban J connectivity index is 2.61. The summed E-state index contributed by atoms with van der Waals surface area (Å²) in [6.45, 7) is 0.443. The van der Waals surface area contributed by atoms with Crippen molar-refractivity contribution in [2.24, 2.45) is 0 Å². The predicted molar refractivity (Wildman–Crippen MR) is 83.3 cm³/mol. The Hall–Kier alpha value is -2.16. The van der Waals surface area contributed by atoms with Crippen LogP contribution in [0.15, 0.2) is 18.2 Å². The lowest BCUT2D eigenvalue weighted by Gasteiger charge is -2.14. The molecule has 0 aliphatic heterocycles. The second kappa shape index (κ2) is 9.21. The molecule has 0 radical (unpaired) electrons. The quantitative estimate of drug-likeness (QED) is 0.692. The lowest BCUT2D eigenvalue weighted by atomic mass is 10.3. The third-order valence-electron chi connectivity index (χ3n) is 2.56. The van der Waals surface area contributed by atoms with E-state index in [0.717, 1.165) is 0 Å². The molecule has 0 bridgehead atoms. The average Bonchev–Trinajstić information content (AvgIpc) is 2.49. The van der Waals surface area contributed by atoms with Gasteiger partial charge in [0.1, 0.15) is 5.75 Å². The number of urea groups is 1. The molecule has 0 aliphatic carbocycles. The number of hydrogen-bond acceptors (Lipinski definition) is 4. The maximum absolute atomic E-state index is 12.2. The smallest absolute Gasteiger partial charge is 0.422 e. The van der Waals surface area contributed by atoms with Crippen molar-refractivity contribution >= 4 is 29.2 Å². The van der Waals surface area contributed by atoms with E-state index in [4.69, 9.17) is 11.6 Å². The van der Waals surface area contributed by atoms with E-state index in [1.54, 1.807) is 0 Å². The Morgan fingerprint density at radius 3 is 2.62 bits per heavy atom. The molecule has 24 heavy (non-hydrogen) atoms. The minimum absolute atomic E-state index is 0.107. The van der Waals surface area contributed by atoms with Gasteiger partial charge in [0.2, 0.25) is 5.91 Å². The Morgan fingerprint density at radius 2 is 2.00 bits per heavy atom. The van der Waals surface area contributed by atoms with Gasteiger partial charge in [0.25, 0.3) is 0 Å². The zero-order valence-electron chi connectivity index (χ0n) is 12.8. The van der Waals surface area contributed by atoms with E-state index in [0.29, 0.717) is 13.0 Å². The summed E-state index contributed by atoms with van der Waals surface area (Å²) < 4.78 is 41.4. The van der Waals surface area contributed by atoms with E-state index >= 15 is 0 Å². The zero-order valence-corrected chi connectivity index (χ0v) is 13.6. The molecule has 0 atom stereocenters. The Kier molecular flexibility index (Phi) is 7.63. The van der Waals surface area contributed by atoms with Crippen LogP contribution in [0.2, 0.25) is 5.02 Å². The highest BCUT2D eigenvalue weighted by atomic mass is 35.5. The second-order valence-electron chi connectivity index (χ2n) is 4.70. The molecule has 0 heterocycles. The van der Waals surface area contributed by atoms with Gasteiger partial charge in [0, 0.05) is 11.6 Å². The maximum atomic E-state index is 12.2. The topological polar surface area (TPSA) is 79.5 Å². The normalized spacial score (nSPS) is 10.9. The van der Waals surface area contributed by atoms with Gasteiger partial charge in [-0.1, -0.05) is 18.5 Å². The maximum Gasteiger partial charge on any atom is 0.422 e. The van der Waals surface area contributed by atoms with E-state index in [1.807, 2.05) is 6.92 Å². The molecule has 0 fully saturated rings. The first-order chi connectivity index (χ1) is 11.2. The van der Waals surface area contributed by atoms with Crippen molar-refractivity contribution in [3.05, 3.63) is 23.2 Å². The number of benzene rings is 1. The molecule has 0 unspecified atom stereocenters. The first-order valence-electron chi connectivity index (χ1n) is 7.02. The molecule has 6 nitrogen and oxygen atoms in total. The van der Waals surface area contributed by atoms with Crippen molar-refractivity contribution in [2.75, 3.05) is 25.0 Å². The molecule has 0 saturated carbocycles. The number of alkyl halides is 3. The van der Waals surface area contributed by atoms with Crippen molar-refractivity contribution in [2.45, 2.75) is 19.5 Å². The number of ether oxygens (including phenoxy) is 1. The minimum atomic E-state index is -4.49. The van der Waals surface area contributed by atoms with Crippen molar-refractivity contribution in [3.8, 4) is 5.75 Å². The molecule has 0 saturated heterocycles. The zero-order chi connectivity index (χ0) is 18.2. The molecular weight excluding hydrogens is 351 g/mol. The molecule has 0 spiro atoms. The van der Waals surface area contributed by atoms with Crippen LogP contribution in [0, 0.1) is 0 Å². The second-order valence-corrected chi connectivity index (χ2v) is 5.14. The first-order valence-corrected chi connectivity index (χ1v) is 7.39. The summed E-state index contributed by atoms with van der Waals surface area (Å²) in [6.07, 6.45) is -3.78. The molecule has 0 aliphatic rings. The molecule has 3 N–H and O–H groups in total. The van der Waals surface area contributed by atoms with Gasteiger partial charge >= 0.3 is 12.2 Å². The number of carbonyl (C=O) groups is 2. The van der Waals surface area contributed by atoms with Crippen LogP contribution in [0.1, 0.15) is 13.3 Å². The summed E-state index contributed by atoms with van der Waals surface area (Å²) in [7, 11) is 0. The monoisotopic (exact) mass is 367 g/mol. The number of anilines is 1. The summed E-state index contributed by atoms with van der Waals surface area (Å²) in [5.41, 5.74) is 0.107. The van der Waals surface area contributed by atoms with Gasteiger partial charge in [-0.3, -0.25) is 10.1 Å². The summed E-state index contributed by atoms with van der Waals surface area (Å²) in [5, 5.41) is 7.35. The highest BCUT2D eigenvalue weighted by Gasteiger charge is 2.28.